The van der Waals surface area contributed by atoms with Crippen molar-refractivity contribution in [2.75, 3.05) is 45.6 Å². The van der Waals surface area contributed by atoms with Crippen molar-refractivity contribution in [2.24, 2.45) is 0 Å². The van der Waals surface area contributed by atoms with Gasteiger partial charge in [-0.1, -0.05) is 55.8 Å². The van der Waals surface area contributed by atoms with Crippen LogP contribution in [0, 0.1) is 11.3 Å². The molecule has 0 spiro atoms. The van der Waals surface area contributed by atoms with Crippen molar-refractivity contribution >= 4 is 51.6 Å². The number of rotatable bonds is 14. The Bertz CT molecular complexity index is 2560. The fraction of sp³-hybridized carbons (Fsp3) is 0.250. The van der Waals surface area contributed by atoms with Gasteiger partial charge in [-0.05, 0) is 103 Å². The van der Waals surface area contributed by atoms with E-state index in [4.69, 9.17) is 30.5 Å². The topological polar surface area (TPSA) is 164 Å². The number of hydrogen-bond donors (Lipinski definition) is 4. The highest BCUT2D eigenvalue weighted by atomic mass is 35.5. The Morgan fingerprint density at radius 3 is 1.79 bits per heavy atom. The number of para-hydroxylation sites is 1. The third-order valence-electron chi connectivity index (χ3n) is 10.1. The summed E-state index contributed by atoms with van der Waals surface area (Å²) < 4.78 is 20.9. The zero-order valence-electron chi connectivity index (χ0n) is 35.5. The van der Waals surface area contributed by atoms with Gasteiger partial charge in [0.05, 0.1) is 46.3 Å². The molecule has 61 heavy (non-hydrogen) atoms. The maximum atomic E-state index is 12.7. The number of methoxy groups -OCH3 is 4. The fourth-order valence-electron chi connectivity index (χ4n) is 6.44. The van der Waals surface area contributed by atoms with Gasteiger partial charge in [0.2, 0.25) is 5.91 Å². The Hall–Kier alpha value is -6.97. The lowest BCUT2D eigenvalue weighted by Crippen LogP contribution is -2.37. The van der Waals surface area contributed by atoms with Gasteiger partial charge in [0, 0.05) is 56.6 Å². The average Bonchev–Trinajstić information content (AvgIpc) is 3.68. The molecule has 12 nitrogen and oxygen atoms in total. The van der Waals surface area contributed by atoms with Crippen LogP contribution in [-0.2, 0) is 22.0 Å². The molecule has 0 saturated carbocycles. The molecule has 4 N–H and O–H groups in total. The summed E-state index contributed by atoms with van der Waals surface area (Å²) in [5.41, 5.74) is 4.79. The van der Waals surface area contributed by atoms with Gasteiger partial charge in [-0.3, -0.25) is 14.4 Å². The van der Waals surface area contributed by atoms with E-state index >= 15 is 0 Å². The highest BCUT2D eigenvalue weighted by Gasteiger charge is 2.24. The van der Waals surface area contributed by atoms with E-state index in [-0.39, 0.29) is 23.1 Å². The summed E-state index contributed by atoms with van der Waals surface area (Å²) in [6, 6.07) is 32.9. The van der Waals surface area contributed by atoms with Crippen molar-refractivity contribution in [2.45, 2.75) is 44.9 Å². The number of amides is 3. The Morgan fingerprint density at radius 2 is 1.23 bits per heavy atom. The summed E-state index contributed by atoms with van der Waals surface area (Å²) in [5, 5.41) is 19.6. The van der Waals surface area contributed by atoms with E-state index < -0.39 is 5.41 Å². The largest absolute Gasteiger partial charge is 0.493 e. The fourth-order valence-corrected chi connectivity index (χ4v) is 6.80. The van der Waals surface area contributed by atoms with Gasteiger partial charge < -0.3 is 39.9 Å². The molecule has 0 aliphatic heterocycles. The second kappa shape index (κ2) is 19.9. The molecule has 0 bridgehead atoms. The summed E-state index contributed by atoms with van der Waals surface area (Å²) in [6.07, 6.45) is 2.21. The Morgan fingerprint density at radius 1 is 0.689 bits per heavy atom. The molecule has 0 saturated heterocycles. The molecule has 0 aliphatic rings. The van der Waals surface area contributed by atoms with Crippen molar-refractivity contribution in [1.29, 1.82) is 5.26 Å². The number of nitriles is 1. The van der Waals surface area contributed by atoms with E-state index in [0.717, 1.165) is 22.0 Å². The lowest BCUT2D eigenvalue weighted by atomic mass is 9.84. The predicted octanol–water partition coefficient (Wildman–Crippen LogP) is 9.48. The number of ether oxygens (including phenoxy) is 4. The number of anilines is 2. The number of nitrogens with zero attached hydrogens (tertiary/aromatic N) is 1. The maximum absolute atomic E-state index is 12.7. The third kappa shape index (κ3) is 11.2. The van der Waals surface area contributed by atoms with Crippen LogP contribution in [0.15, 0.2) is 109 Å². The third-order valence-corrected chi connectivity index (χ3v) is 10.5. The molecule has 0 aliphatic carbocycles. The highest BCUT2D eigenvalue weighted by Crippen LogP contribution is 2.33. The van der Waals surface area contributed by atoms with Crippen LogP contribution in [0.25, 0.3) is 10.9 Å². The van der Waals surface area contributed by atoms with Gasteiger partial charge in [-0.15, -0.1) is 0 Å². The first-order valence-electron chi connectivity index (χ1n) is 19.3. The lowest BCUT2D eigenvalue weighted by molar-refractivity contribution is -0.120. The molecular weight excluding hydrogens is 794 g/mol. The molecule has 6 rings (SSSR count). The van der Waals surface area contributed by atoms with E-state index in [0.29, 0.717) is 69.1 Å². The number of benzene rings is 5. The Balaban J connectivity index is 0.000000247. The first-order valence-corrected chi connectivity index (χ1v) is 19.7. The zero-order chi connectivity index (χ0) is 44.3. The molecule has 13 heteroatoms. The summed E-state index contributed by atoms with van der Waals surface area (Å²) in [4.78, 5) is 41.0. The van der Waals surface area contributed by atoms with Gasteiger partial charge >= 0.3 is 0 Å². The summed E-state index contributed by atoms with van der Waals surface area (Å²) in [7, 11) is 6.12. The van der Waals surface area contributed by atoms with Crippen LogP contribution in [-0.4, -0.2) is 57.7 Å². The molecule has 0 fully saturated rings. The number of halogens is 1. The van der Waals surface area contributed by atoms with Crippen molar-refractivity contribution < 1.29 is 33.3 Å². The molecule has 1 aromatic heterocycles. The van der Waals surface area contributed by atoms with Crippen LogP contribution in [0.1, 0.15) is 65.1 Å². The molecule has 0 unspecified atom stereocenters. The number of hydrogen-bond acceptors (Lipinski definition) is 8. The number of nitrogens with one attached hydrogen (secondary N) is 4. The van der Waals surface area contributed by atoms with Gasteiger partial charge in [0.25, 0.3) is 11.8 Å². The molecular formula is C48H50ClN5O7. The Labute approximate surface area is 361 Å². The molecule has 6 aromatic rings. The SMILES string of the molecule is COc1ccc(C(=O)Nc2ccc(C(C)(C)CNC(=O)Cc3c[nH]c4ccccc34)cc2)cc1OC.COc1ccc(C(=O)Nc2ccc(Cl)c(C(C)(C)C#N)c2)cc1OC. The van der Waals surface area contributed by atoms with Gasteiger partial charge in [-0.25, -0.2) is 0 Å². The highest BCUT2D eigenvalue weighted by molar-refractivity contribution is 6.31. The van der Waals surface area contributed by atoms with E-state index in [9.17, 15) is 19.6 Å². The van der Waals surface area contributed by atoms with Crippen molar-refractivity contribution in [3.8, 4) is 29.1 Å². The first kappa shape index (κ1) is 45.1. The number of aromatic amines is 1. The van der Waals surface area contributed by atoms with Crippen LogP contribution < -0.4 is 34.9 Å². The number of H-pyrrole nitrogens is 1. The van der Waals surface area contributed by atoms with Gasteiger partial charge in [0.1, 0.15) is 0 Å². The van der Waals surface area contributed by atoms with Crippen molar-refractivity contribution in [3.05, 3.63) is 142 Å². The standard InChI is InChI=1S/C29H31N3O4.C19H19ClN2O3/c1-29(2,18-31-27(33)16-20-17-30-24-8-6-5-7-23(20)24)21-10-12-22(13-11-21)32-28(34)19-9-14-25(35-3)26(15-19)36-4;1-19(2,11-21)14-10-13(6-7-15(14)20)22-18(23)12-5-8-16(24-3)17(9-12)25-4/h5-15,17,30H,16,18H2,1-4H3,(H,31,33)(H,32,34);5-10H,1-4H3,(H,22,23). The van der Waals surface area contributed by atoms with Crippen LogP contribution in [0.2, 0.25) is 5.02 Å². The normalized spacial score (nSPS) is 11.0. The van der Waals surface area contributed by atoms with Crippen LogP contribution in [0.4, 0.5) is 11.4 Å². The van der Waals surface area contributed by atoms with Crippen LogP contribution in [0.5, 0.6) is 23.0 Å². The quantitative estimate of drug-likeness (QED) is 0.0843. The molecule has 316 valence electrons. The lowest BCUT2D eigenvalue weighted by Gasteiger charge is -2.26. The van der Waals surface area contributed by atoms with Crippen LogP contribution >= 0.6 is 11.6 Å². The van der Waals surface area contributed by atoms with E-state index in [1.54, 1.807) is 75.6 Å². The van der Waals surface area contributed by atoms with Gasteiger partial charge in [0.15, 0.2) is 23.0 Å². The molecule has 3 amide bonds. The number of aromatic nitrogens is 1. The minimum Gasteiger partial charge on any atom is -0.493 e. The van der Waals surface area contributed by atoms with Crippen molar-refractivity contribution in [1.82, 2.24) is 10.3 Å². The second-order valence-corrected chi connectivity index (χ2v) is 15.7. The van der Waals surface area contributed by atoms with Gasteiger partial charge in [-0.2, -0.15) is 5.26 Å². The molecule has 1 heterocycles. The maximum Gasteiger partial charge on any atom is 0.255 e. The van der Waals surface area contributed by atoms with E-state index in [1.807, 2.05) is 54.7 Å². The molecule has 0 radical (unpaired) electrons. The minimum atomic E-state index is -0.763. The number of fused-ring (bicyclic) bond motifs is 1. The first-order chi connectivity index (χ1) is 29.1. The zero-order valence-corrected chi connectivity index (χ0v) is 36.2. The monoisotopic (exact) mass is 843 g/mol. The van der Waals surface area contributed by atoms with E-state index in [1.165, 1.54) is 21.3 Å². The predicted molar refractivity (Wildman–Crippen MR) is 240 cm³/mol. The van der Waals surface area contributed by atoms with Crippen molar-refractivity contribution in [3.63, 3.8) is 0 Å². The summed E-state index contributed by atoms with van der Waals surface area (Å²) >= 11 is 6.19. The molecule has 5 aromatic carbocycles. The smallest absolute Gasteiger partial charge is 0.255 e. The van der Waals surface area contributed by atoms with E-state index in [2.05, 4.69) is 40.9 Å². The average molecular weight is 844 g/mol. The summed E-state index contributed by atoms with van der Waals surface area (Å²) in [6.45, 7) is 8.19. The summed E-state index contributed by atoms with van der Waals surface area (Å²) in [5.74, 6) is 1.51. The Kier molecular flexibility index (Phi) is 14.7. The van der Waals surface area contributed by atoms with Crippen LogP contribution in [0.3, 0.4) is 0 Å². The number of carbonyl (C=O) groups is 3. The second-order valence-electron chi connectivity index (χ2n) is 15.3. The minimum absolute atomic E-state index is 0.0216. The number of carbonyl (C=O) groups excluding carboxylic acids is 3. The molecule has 0 atom stereocenters.